The number of nitrogens with zero attached hydrogens (tertiary/aromatic N) is 2. The van der Waals surface area contributed by atoms with Crippen LogP contribution in [0.4, 0.5) is 5.69 Å². The fourth-order valence-corrected chi connectivity index (χ4v) is 3.67. The smallest absolute Gasteiger partial charge is 0.234 e. The summed E-state index contributed by atoms with van der Waals surface area (Å²) in [5.41, 5.74) is 2.36. The van der Waals surface area contributed by atoms with Crippen molar-refractivity contribution < 1.29 is 9.53 Å². The Bertz CT molecular complexity index is 738. The molecule has 0 spiro atoms. The van der Waals surface area contributed by atoms with Crippen molar-refractivity contribution in [3.05, 3.63) is 60.2 Å². The van der Waals surface area contributed by atoms with E-state index < -0.39 is 0 Å². The summed E-state index contributed by atoms with van der Waals surface area (Å²) in [5.74, 6) is 1.23. The zero-order valence-corrected chi connectivity index (χ0v) is 17.1. The number of piperazine rings is 1. The molecule has 1 aliphatic rings. The van der Waals surface area contributed by atoms with E-state index in [1.54, 1.807) is 7.11 Å². The Hall–Kier alpha value is -2.53. The van der Waals surface area contributed by atoms with E-state index in [1.807, 2.05) is 30.3 Å². The number of carbonyl (C=O) groups excluding carboxylic acids is 1. The van der Waals surface area contributed by atoms with E-state index >= 15 is 0 Å². The molecular weight excluding hydrogens is 350 g/mol. The highest BCUT2D eigenvalue weighted by Crippen LogP contribution is 2.24. The minimum Gasteiger partial charge on any atom is -0.497 e. The molecule has 0 radical (unpaired) electrons. The zero-order valence-electron chi connectivity index (χ0n) is 17.1. The fraction of sp³-hybridized carbons (Fsp3) is 0.435. The number of anilines is 1. The van der Waals surface area contributed by atoms with Gasteiger partial charge in [0, 0.05) is 31.9 Å². The summed E-state index contributed by atoms with van der Waals surface area (Å²) in [7, 11) is 1.66. The third kappa shape index (κ3) is 5.26. The summed E-state index contributed by atoms with van der Waals surface area (Å²) in [6, 6.07) is 18.4. The minimum absolute atomic E-state index is 0.00372. The highest BCUT2D eigenvalue weighted by Gasteiger charge is 2.22. The maximum absolute atomic E-state index is 12.7. The van der Waals surface area contributed by atoms with Crippen molar-refractivity contribution in [3.8, 4) is 5.75 Å². The van der Waals surface area contributed by atoms with Gasteiger partial charge in [-0.2, -0.15) is 0 Å². The molecular formula is C23H31N3O2. The van der Waals surface area contributed by atoms with Crippen LogP contribution < -0.4 is 15.0 Å². The van der Waals surface area contributed by atoms with E-state index in [4.69, 9.17) is 4.74 Å². The van der Waals surface area contributed by atoms with E-state index in [1.165, 1.54) is 5.69 Å². The molecule has 0 saturated carbocycles. The second-order valence-corrected chi connectivity index (χ2v) is 7.66. The molecule has 1 heterocycles. The van der Waals surface area contributed by atoms with Crippen molar-refractivity contribution >= 4 is 11.6 Å². The van der Waals surface area contributed by atoms with Gasteiger partial charge in [-0.3, -0.25) is 9.69 Å². The van der Waals surface area contributed by atoms with Gasteiger partial charge in [-0.25, -0.2) is 0 Å². The summed E-state index contributed by atoms with van der Waals surface area (Å²) in [6.07, 6.45) is 0. The average Bonchev–Trinajstić information content (AvgIpc) is 2.73. The lowest BCUT2D eigenvalue weighted by molar-refractivity contribution is -0.123. The molecule has 5 heteroatoms. The van der Waals surface area contributed by atoms with Crippen LogP contribution in [0, 0.1) is 5.92 Å². The number of amides is 1. The first-order valence-electron chi connectivity index (χ1n) is 10.0. The van der Waals surface area contributed by atoms with Crippen LogP contribution in [0.25, 0.3) is 0 Å². The summed E-state index contributed by atoms with van der Waals surface area (Å²) < 4.78 is 5.23. The van der Waals surface area contributed by atoms with Crippen molar-refractivity contribution in [2.75, 3.05) is 44.7 Å². The Morgan fingerprint density at radius 1 is 1.00 bits per heavy atom. The molecule has 1 unspecified atom stereocenters. The molecule has 0 aromatic heterocycles. The molecule has 2 aromatic rings. The number of nitrogens with one attached hydrogen (secondary N) is 1. The molecule has 1 amide bonds. The molecule has 28 heavy (non-hydrogen) atoms. The average molecular weight is 382 g/mol. The maximum atomic E-state index is 12.7. The van der Waals surface area contributed by atoms with E-state index in [0.29, 0.717) is 12.5 Å². The number of para-hydroxylation sites is 1. The van der Waals surface area contributed by atoms with Crippen molar-refractivity contribution in [1.29, 1.82) is 0 Å². The molecule has 5 nitrogen and oxygen atoms in total. The Morgan fingerprint density at radius 3 is 2.21 bits per heavy atom. The molecule has 1 atom stereocenters. The van der Waals surface area contributed by atoms with E-state index in [0.717, 1.165) is 37.5 Å². The SMILES string of the molecule is COc1ccc(C(NC(=O)CN2CCN(c3ccccc3)CC2)C(C)C)cc1. The molecule has 0 bridgehead atoms. The molecule has 1 N–H and O–H groups in total. The molecule has 1 saturated heterocycles. The molecule has 150 valence electrons. The number of methoxy groups -OCH3 is 1. The largest absolute Gasteiger partial charge is 0.497 e. The van der Waals surface area contributed by atoms with E-state index in [9.17, 15) is 4.79 Å². The predicted octanol–water partition coefficient (Wildman–Crippen LogP) is 3.33. The number of rotatable bonds is 7. The topological polar surface area (TPSA) is 44.8 Å². The zero-order chi connectivity index (χ0) is 19.9. The van der Waals surface area contributed by atoms with Crippen molar-refractivity contribution in [2.24, 2.45) is 5.92 Å². The van der Waals surface area contributed by atoms with Crippen LogP contribution in [0.15, 0.2) is 54.6 Å². The van der Waals surface area contributed by atoms with Crippen LogP contribution >= 0.6 is 0 Å². The fourth-order valence-electron chi connectivity index (χ4n) is 3.67. The van der Waals surface area contributed by atoms with Gasteiger partial charge in [0.2, 0.25) is 5.91 Å². The highest BCUT2D eigenvalue weighted by molar-refractivity contribution is 5.78. The van der Waals surface area contributed by atoms with Gasteiger partial charge >= 0.3 is 0 Å². The van der Waals surface area contributed by atoms with Gasteiger partial charge in [0.25, 0.3) is 0 Å². The summed E-state index contributed by atoms with van der Waals surface area (Å²) in [6.45, 7) is 8.41. The van der Waals surface area contributed by atoms with Crippen LogP contribution in [0.2, 0.25) is 0 Å². The Kier molecular flexibility index (Phi) is 6.93. The first kappa shape index (κ1) is 20.2. The first-order valence-corrected chi connectivity index (χ1v) is 10.0. The van der Waals surface area contributed by atoms with Crippen molar-refractivity contribution in [1.82, 2.24) is 10.2 Å². The van der Waals surface area contributed by atoms with Gasteiger partial charge in [0.05, 0.1) is 19.7 Å². The highest BCUT2D eigenvalue weighted by atomic mass is 16.5. The van der Waals surface area contributed by atoms with Crippen molar-refractivity contribution in [2.45, 2.75) is 19.9 Å². The predicted molar refractivity (Wildman–Crippen MR) is 114 cm³/mol. The molecule has 2 aromatic carbocycles. The summed E-state index contributed by atoms with van der Waals surface area (Å²) in [5, 5.41) is 3.23. The van der Waals surface area contributed by atoms with Crippen LogP contribution in [0.5, 0.6) is 5.75 Å². The number of ether oxygens (including phenoxy) is 1. The van der Waals surface area contributed by atoms with Crippen LogP contribution in [-0.2, 0) is 4.79 Å². The second kappa shape index (κ2) is 9.60. The van der Waals surface area contributed by atoms with Gasteiger partial charge in [0.15, 0.2) is 0 Å². The van der Waals surface area contributed by atoms with Gasteiger partial charge in [-0.15, -0.1) is 0 Å². The molecule has 1 fully saturated rings. The Morgan fingerprint density at radius 2 is 1.64 bits per heavy atom. The van der Waals surface area contributed by atoms with Crippen molar-refractivity contribution in [3.63, 3.8) is 0 Å². The van der Waals surface area contributed by atoms with Crippen LogP contribution in [0.1, 0.15) is 25.5 Å². The van der Waals surface area contributed by atoms with Gasteiger partial charge in [-0.05, 0) is 35.7 Å². The first-order chi connectivity index (χ1) is 13.6. The molecule has 1 aliphatic heterocycles. The Balaban J connectivity index is 1.52. The molecule has 3 rings (SSSR count). The van der Waals surface area contributed by atoms with Gasteiger partial charge in [-0.1, -0.05) is 44.2 Å². The van der Waals surface area contributed by atoms with E-state index in [2.05, 4.69) is 53.2 Å². The molecule has 0 aliphatic carbocycles. The summed E-state index contributed by atoms with van der Waals surface area (Å²) >= 11 is 0. The number of hydrogen-bond donors (Lipinski definition) is 1. The summed E-state index contributed by atoms with van der Waals surface area (Å²) in [4.78, 5) is 17.3. The Labute approximate surface area is 168 Å². The number of carbonyl (C=O) groups is 1. The quantitative estimate of drug-likeness (QED) is 0.799. The lowest BCUT2D eigenvalue weighted by atomic mass is 9.96. The minimum atomic E-state index is 0.00372. The number of benzene rings is 2. The second-order valence-electron chi connectivity index (χ2n) is 7.66. The van der Waals surface area contributed by atoms with Crippen LogP contribution in [-0.4, -0.2) is 50.6 Å². The van der Waals surface area contributed by atoms with Gasteiger partial charge in [0.1, 0.15) is 5.75 Å². The van der Waals surface area contributed by atoms with Crippen LogP contribution in [0.3, 0.4) is 0 Å². The monoisotopic (exact) mass is 381 g/mol. The lowest BCUT2D eigenvalue weighted by Crippen LogP contribution is -2.50. The van der Waals surface area contributed by atoms with E-state index in [-0.39, 0.29) is 11.9 Å². The maximum Gasteiger partial charge on any atom is 0.234 e. The lowest BCUT2D eigenvalue weighted by Gasteiger charge is -2.36. The van der Waals surface area contributed by atoms with Gasteiger partial charge < -0.3 is 15.0 Å². The number of hydrogen-bond acceptors (Lipinski definition) is 4. The third-order valence-electron chi connectivity index (χ3n) is 5.32. The normalized spacial score (nSPS) is 16.1. The third-order valence-corrected chi connectivity index (χ3v) is 5.32. The standard InChI is InChI=1S/C23H31N3O2/c1-18(2)23(19-9-11-21(28-3)12-10-19)24-22(27)17-25-13-15-26(16-14-25)20-7-5-4-6-8-20/h4-12,18,23H,13-17H2,1-3H3,(H,24,27).